The number of carbonyl (C=O) groups is 2. The molecular formula is C21H28N4O5. The van der Waals surface area contributed by atoms with E-state index in [9.17, 15) is 14.7 Å². The van der Waals surface area contributed by atoms with Gasteiger partial charge in [0.25, 0.3) is 5.91 Å². The molecule has 0 spiro atoms. The lowest BCUT2D eigenvalue weighted by atomic mass is 10.1. The lowest BCUT2D eigenvalue weighted by molar-refractivity contribution is 0.0152. The molecule has 1 aromatic carbocycles. The van der Waals surface area contributed by atoms with E-state index in [0.29, 0.717) is 49.1 Å². The third-order valence-electron chi connectivity index (χ3n) is 5.11. The summed E-state index contributed by atoms with van der Waals surface area (Å²) in [5, 5.41) is 10.3. The Bertz CT molecular complexity index is 909. The fourth-order valence-corrected chi connectivity index (χ4v) is 3.40. The van der Waals surface area contributed by atoms with Crippen LogP contribution in [0.3, 0.4) is 0 Å². The monoisotopic (exact) mass is 416 g/mol. The zero-order chi connectivity index (χ0) is 21.8. The molecule has 0 radical (unpaired) electrons. The number of esters is 1. The van der Waals surface area contributed by atoms with Gasteiger partial charge in [-0.1, -0.05) is 19.1 Å². The standard InChI is InChI=1S/C21H28N4O5/c1-5-11-30-12-10-16-22-18-17(19(26)24(3)21(28)23(18)2)25(16)13-14-6-8-15(9-7-14)20(27)29-4/h6-9,21,28H,5,10-13H2,1-4H3. The minimum atomic E-state index is -1.07. The van der Waals surface area contributed by atoms with Gasteiger partial charge in [-0.15, -0.1) is 0 Å². The maximum absolute atomic E-state index is 12.9. The lowest BCUT2D eigenvalue weighted by Crippen LogP contribution is -2.52. The molecule has 1 amide bonds. The molecule has 1 unspecified atom stereocenters. The van der Waals surface area contributed by atoms with Gasteiger partial charge in [-0.25, -0.2) is 9.78 Å². The molecule has 2 aromatic rings. The minimum absolute atomic E-state index is 0.296. The third kappa shape index (κ3) is 4.17. The number of rotatable bonds is 8. The molecule has 1 aromatic heterocycles. The molecule has 1 N–H and O–H groups in total. The average molecular weight is 416 g/mol. The first-order valence-electron chi connectivity index (χ1n) is 9.91. The first-order valence-corrected chi connectivity index (χ1v) is 9.91. The van der Waals surface area contributed by atoms with Crippen molar-refractivity contribution in [2.75, 3.05) is 39.3 Å². The van der Waals surface area contributed by atoms with Gasteiger partial charge < -0.3 is 24.0 Å². The van der Waals surface area contributed by atoms with Gasteiger partial charge in [0.1, 0.15) is 5.82 Å². The van der Waals surface area contributed by atoms with Crippen LogP contribution in [0.5, 0.6) is 0 Å². The first kappa shape index (κ1) is 21.8. The molecule has 3 rings (SSSR count). The van der Waals surface area contributed by atoms with E-state index in [-0.39, 0.29) is 5.91 Å². The van der Waals surface area contributed by atoms with Crippen molar-refractivity contribution < 1.29 is 24.2 Å². The number of benzene rings is 1. The number of nitrogens with zero attached hydrogens (tertiary/aromatic N) is 4. The van der Waals surface area contributed by atoms with E-state index in [2.05, 4.69) is 4.98 Å². The van der Waals surface area contributed by atoms with Crippen molar-refractivity contribution in [2.24, 2.45) is 0 Å². The van der Waals surface area contributed by atoms with Crippen LogP contribution in [-0.2, 0) is 22.4 Å². The summed E-state index contributed by atoms with van der Waals surface area (Å²) in [5.74, 6) is 0.455. The summed E-state index contributed by atoms with van der Waals surface area (Å²) < 4.78 is 12.2. The molecular weight excluding hydrogens is 388 g/mol. The molecule has 1 atom stereocenters. The highest BCUT2D eigenvalue weighted by Gasteiger charge is 2.37. The maximum Gasteiger partial charge on any atom is 0.337 e. The number of aliphatic hydroxyl groups excluding tert-OH is 1. The van der Waals surface area contributed by atoms with Crippen LogP contribution < -0.4 is 4.90 Å². The third-order valence-corrected chi connectivity index (χ3v) is 5.11. The second-order valence-electron chi connectivity index (χ2n) is 7.21. The Kier molecular flexibility index (Phi) is 6.73. The minimum Gasteiger partial charge on any atom is -0.465 e. The molecule has 9 nitrogen and oxygen atoms in total. The van der Waals surface area contributed by atoms with Crippen molar-refractivity contribution in [3.05, 3.63) is 46.9 Å². The molecule has 1 aliphatic heterocycles. The number of carbonyl (C=O) groups excluding carboxylic acids is 2. The Hall–Kier alpha value is -2.91. The summed E-state index contributed by atoms with van der Waals surface area (Å²) in [4.78, 5) is 32.1. The number of methoxy groups -OCH3 is 1. The topological polar surface area (TPSA) is 97.1 Å². The van der Waals surface area contributed by atoms with E-state index in [4.69, 9.17) is 9.47 Å². The van der Waals surface area contributed by atoms with Gasteiger partial charge >= 0.3 is 5.97 Å². The predicted octanol–water partition coefficient (Wildman–Crippen LogP) is 1.48. The van der Waals surface area contributed by atoms with E-state index in [1.807, 2.05) is 23.6 Å². The van der Waals surface area contributed by atoms with Crippen molar-refractivity contribution in [1.82, 2.24) is 14.5 Å². The van der Waals surface area contributed by atoms with Crippen LogP contribution in [0.4, 0.5) is 5.82 Å². The largest absolute Gasteiger partial charge is 0.465 e. The van der Waals surface area contributed by atoms with Crippen LogP contribution >= 0.6 is 0 Å². The van der Waals surface area contributed by atoms with Crippen LogP contribution in [0.1, 0.15) is 45.6 Å². The van der Waals surface area contributed by atoms with Crippen molar-refractivity contribution in [3.8, 4) is 0 Å². The number of aliphatic hydroxyl groups is 1. The summed E-state index contributed by atoms with van der Waals surface area (Å²) in [7, 11) is 4.60. The molecule has 0 bridgehead atoms. The first-order chi connectivity index (χ1) is 14.4. The predicted molar refractivity (Wildman–Crippen MR) is 110 cm³/mol. The molecule has 2 heterocycles. The van der Waals surface area contributed by atoms with Gasteiger partial charge in [0.2, 0.25) is 6.35 Å². The van der Waals surface area contributed by atoms with Crippen LogP contribution in [0, 0.1) is 0 Å². The van der Waals surface area contributed by atoms with Gasteiger partial charge in [0.15, 0.2) is 11.5 Å². The van der Waals surface area contributed by atoms with Gasteiger partial charge in [-0.2, -0.15) is 0 Å². The Morgan fingerprint density at radius 2 is 1.87 bits per heavy atom. The fourth-order valence-electron chi connectivity index (χ4n) is 3.40. The molecule has 30 heavy (non-hydrogen) atoms. The second-order valence-corrected chi connectivity index (χ2v) is 7.21. The fraction of sp³-hybridized carbons (Fsp3) is 0.476. The second kappa shape index (κ2) is 9.27. The zero-order valence-electron chi connectivity index (χ0n) is 17.8. The molecule has 0 saturated carbocycles. The summed E-state index contributed by atoms with van der Waals surface area (Å²) in [6.45, 7) is 3.59. The highest BCUT2D eigenvalue weighted by molar-refractivity contribution is 5.99. The number of amides is 1. The Balaban J connectivity index is 1.95. The number of anilines is 1. The quantitative estimate of drug-likeness (QED) is 0.514. The molecule has 162 valence electrons. The zero-order valence-corrected chi connectivity index (χ0v) is 17.8. The summed E-state index contributed by atoms with van der Waals surface area (Å²) in [5.41, 5.74) is 1.79. The lowest BCUT2D eigenvalue weighted by Gasteiger charge is -2.36. The van der Waals surface area contributed by atoms with E-state index < -0.39 is 12.3 Å². The number of fused-ring (bicyclic) bond motifs is 1. The van der Waals surface area contributed by atoms with Crippen molar-refractivity contribution in [1.29, 1.82) is 0 Å². The van der Waals surface area contributed by atoms with Crippen LogP contribution in [0.15, 0.2) is 24.3 Å². The summed E-state index contributed by atoms with van der Waals surface area (Å²) in [6, 6.07) is 7.04. The van der Waals surface area contributed by atoms with E-state index in [0.717, 1.165) is 12.0 Å². The van der Waals surface area contributed by atoms with Crippen LogP contribution in [0.25, 0.3) is 0 Å². The Labute approximate surface area is 175 Å². The number of ether oxygens (including phenoxy) is 2. The molecule has 1 aliphatic rings. The van der Waals surface area contributed by atoms with E-state index in [1.54, 1.807) is 31.1 Å². The molecule has 0 fully saturated rings. The Morgan fingerprint density at radius 1 is 1.17 bits per heavy atom. The SMILES string of the molecule is CCCOCCc1nc2c(n1Cc1ccc(C(=O)OC)cc1)C(=O)N(C)C(O)N2C. The highest BCUT2D eigenvalue weighted by Crippen LogP contribution is 2.29. The average Bonchev–Trinajstić information content (AvgIpc) is 3.12. The van der Waals surface area contributed by atoms with E-state index in [1.165, 1.54) is 12.0 Å². The number of hydrogen-bond donors (Lipinski definition) is 1. The van der Waals surface area contributed by atoms with Crippen molar-refractivity contribution in [2.45, 2.75) is 32.7 Å². The van der Waals surface area contributed by atoms with Crippen LogP contribution in [0.2, 0.25) is 0 Å². The number of imidazole rings is 1. The molecule has 0 saturated heterocycles. The van der Waals surface area contributed by atoms with Gasteiger partial charge in [0.05, 0.1) is 19.3 Å². The highest BCUT2D eigenvalue weighted by atomic mass is 16.5. The summed E-state index contributed by atoms with van der Waals surface area (Å²) >= 11 is 0. The van der Waals surface area contributed by atoms with Gasteiger partial charge in [-0.3, -0.25) is 9.69 Å². The van der Waals surface area contributed by atoms with Crippen LogP contribution in [-0.4, -0.2) is 72.2 Å². The number of hydrogen-bond acceptors (Lipinski definition) is 7. The van der Waals surface area contributed by atoms with Crippen molar-refractivity contribution in [3.63, 3.8) is 0 Å². The Morgan fingerprint density at radius 3 is 2.50 bits per heavy atom. The van der Waals surface area contributed by atoms with E-state index >= 15 is 0 Å². The smallest absolute Gasteiger partial charge is 0.337 e. The van der Waals surface area contributed by atoms with Crippen molar-refractivity contribution >= 4 is 17.7 Å². The molecule has 9 heteroatoms. The van der Waals surface area contributed by atoms with Gasteiger partial charge in [0, 0.05) is 33.7 Å². The summed E-state index contributed by atoms with van der Waals surface area (Å²) in [6.07, 6.45) is 0.390. The van der Waals surface area contributed by atoms with Gasteiger partial charge in [-0.05, 0) is 24.1 Å². The molecule has 0 aliphatic carbocycles. The maximum atomic E-state index is 12.9. The number of aromatic nitrogens is 2. The normalized spacial score (nSPS) is 16.0.